The lowest BCUT2D eigenvalue weighted by atomic mass is 9.87. The predicted molar refractivity (Wildman–Crippen MR) is 149 cm³/mol. The Morgan fingerprint density at radius 2 is 1.78 bits per heavy atom. The van der Waals surface area contributed by atoms with E-state index in [2.05, 4.69) is 98.9 Å². The fraction of sp³-hybridized carbons (Fsp3) is 0.548. The fourth-order valence-corrected chi connectivity index (χ4v) is 7.04. The Balaban J connectivity index is 1.27. The number of rotatable bonds is 5. The molecule has 1 saturated heterocycles. The Bertz CT molecular complexity index is 1410. The van der Waals surface area contributed by atoms with Crippen molar-refractivity contribution < 1.29 is 0 Å². The van der Waals surface area contributed by atoms with Crippen LogP contribution in [0.5, 0.6) is 0 Å². The first kappa shape index (κ1) is 23.7. The van der Waals surface area contributed by atoms with Gasteiger partial charge < -0.3 is 9.88 Å². The van der Waals surface area contributed by atoms with Crippen molar-refractivity contribution in [3.05, 3.63) is 53.5 Å². The molecule has 36 heavy (non-hydrogen) atoms. The monoisotopic (exact) mass is 483 g/mol. The molecule has 0 radical (unpaired) electrons. The molecule has 2 aliphatic rings. The number of likely N-dealkylation sites (tertiary alicyclic amines) is 1. The molecule has 0 amide bonds. The van der Waals surface area contributed by atoms with Crippen molar-refractivity contribution in [1.29, 1.82) is 0 Å². The van der Waals surface area contributed by atoms with Crippen LogP contribution in [0.2, 0.25) is 0 Å². The van der Waals surface area contributed by atoms with Gasteiger partial charge in [0.25, 0.3) is 0 Å². The minimum atomic E-state index is 0.419. The van der Waals surface area contributed by atoms with Crippen molar-refractivity contribution in [2.45, 2.75) is 73.1 Å². The van der Waals surface area contributed by atoms with Crippen LogP contribution < -0.4 is 0 Å². The van der Waals surface area contributed by atoms with E-state index < -0.39 is 0 Å². The normalized spacial score (nSPS) is 20.7. The van der Waals surface area contributed by atoms with E-state index in [0.717, 1.165) is 17.1 Å². The molecule has 1 saturated carbocycles. The predicted octanol–water partition coefficient (Wildman–Crippen LogP) is 7.17. The molecule has 190 valence electrons. The number of aryl methyl sites for hydroxylation is 1. The van der Waals surface area contributed by atoms with E-state index in [4.69, 9.17) is 0 Å². The Hall–Kier alpha value is -2.66. The van der Waals surface area contributed by atoms with Crippen LogP contribution >= 0.6 is 0 Å². The lowest BCUT2D eigenvalue weighted by Crippen LogP contribution is -2.35. The van der Waals surface area contributed by atoms with E-state index in [9.17, 15) is 0 Å². The molecule has 5 nitrogen and oxygen atoms in total. The summed E-state index contributed by atoms with van der Waals surface area (Å²) in [5.41, 5.74) is 9.53. The van der Waals surface area contributed by atoms with Gasteiger partial charge in [-0.2, -0.15) is 5.10 Å². The quantitative estimate of drug-likeness (QED) is 0.327. The molecule has 3 aromatic heterocycles. The van der Waals surface area contributed by atoms with Gasteiger partial charge in [0, 0.05) is 29.2 Å². The smallest absolute Gasteiger partial charge is 0.158 e. The van der Waals surface area contributed by atoms with Gasteiger partial charge in [0.2, 0.25) is 0 Å². The standard InChI is InChI=1S/C31H41N5/c1-19(2)27-24-15-22(21-10-12-35(13-11-21)17-26-30(4,5)31(26,6)7)8-9-25(24)34-28(27)23-14-20(3)29-32-18-33-36(29)16-23/h8-9,14-16,18-19,21,26,34H,10-13,17H2,1-7H3. The second-order valence-corrected chi connectivity index (χ2v) is 12.9. The van der Waals surface area contributed by atoms with Crippen LogP contribution in [-0.2, 0) is 0 Å². The summed E-state index contributed by atoms with van der Waals surface area (Å²) >= 11 is 0. The van der Waals surface area contributed by atoms with Gasteiger partial charge in [-0.05, 0) is 96.3 Å². The number of pyridine rings is 1. The molecule has 1 aliphatic carbocycles. The van der Waals surface area contributed by atoms with Crippen molar-refractivity contribution >= 4 is 16.6 Å². The van der Waals surface area contributed by atoms with Crippen LogP contribution in [0.3, 0.4) is 0 Å². The molecule has 1 aromatic carbocycles. The topological polar surface area (TPSA) is 49.2 Å². The maximum atomic E-state index is 4.40. The van der Waals surface area contributed by atoms with Crippen LogP contribution in [0.1, 0.15) is 82.9 Å². The molecule has 0 bridgehead atoms. The summed E-state index contributed by atoms with van der Waals surface area (Å²) in [6.07, 6.45) is 6.25. The van der Waals surface area contributed by atoms with Crippen molar-refractivity contribution in [3.8, 4) is 11.3 Å². The molecule has 1 aliphatic heterocycles. The molecule has 4 heterocycles. The number of nitrogens with zero attached hydrogens (tertiary/aromatic N) is 4. The van der Waals surface area contributed by atoms with E-state index in [-0.39, 0.29) is 0 Å². The highest BCUT2D eigenvalue weighted by molar-refractivity contribution is 5.92. The summed E-state index contributed by atoms with van der Waals surface area (Å²) in [4.78, 5) is 10.9. The van der Waals surface area contributed by atoms with Gasteiger partial charge in [-0.3, -0.25) is 0 Å². The number of H-pyrrole nitrogens is 1. The molecular formula is C31H41N5. The maximum Gasteiger partial charge on any atom is 0.158 e. The largest absolute Gasteiger partial charge is 0.354 e. The number of hydrogen-bond acceptors (Lipinski definition) is 3. The summed E-state index contributed by atoms with van der Waals surface area (Å²) in [5, 5.41) is 5.77. The Morgan fingerprint density at radius 3 is 2.44 bits per heavy atom. The average Bonchev–Trinajstić information content (AvgIpc) is 3.31. The molecule has 6 rings (SSSR count). The summed E-state index contributed by atoms with van der Waals surface area (Å²) < 4.78 is 1.89. The lowest BCUT2D eigenvalue weighted by molar-refractivity contribution is 0.193. The van der Waals surface area contributed by atoms with Crippen LogP contribution in [-0.4, -0.2) is 44.1 Å². The molecule has 1 N–H and O–H groups in total. The number of aromatic amines is 1. The maximum absolute atomic E-state index is 4.40. The number of hydrogen-bond donors (Lipinski definition) is 1. The van der Waals surface area contributed by atoms with Gasteiger partial charge in [-0.25, -0.2) is 9.50 Å². The first-order valence-electron chi connectivity index (χ1n) is 13.8. The van der Waals surface area contributed by atoms with Crippen LogP contribution in [0.25, 0.3) is 27.8 Å². The van der Waals surface area contributed by atoms with Crippen LogP contribution in [0.15, 0.2) is 36.8 Å². The van der Waals surface area contributed by atoms with Crippen molar-refractivity contribution in [3.63, 3.8) is 0 Å². The zero-order valence-corrected chi connectivity index (χ0v) is 23.0. The highest BCUT2D eigenvalue weighted by Gasteiger charge is 2.64. The molecule has 5 heteroatoms. The number of piperidine rings is 1. The molecule has 0 spiro atoms. The minimum absolute atomic E-state index is 0.419. The Labute approximate surface area is 215 Å². The van der Waals surface area contributed by atoms with Gasteiger partial charge in [0.1, 0.15) is 6.33 Å². The SMILES string of the molecule is Cc1cc(-c2[nH]c3ccc(C4CCN(CC5C(C)(C)C5(C)C)CC4)cc3c2C(C)C)cn2ncnc12. The molecule has 0 unspecified atom stereocenters. The van der Waals surface area contributed by atoms with Crippen LogP contribution in [0.4, 0.5) is 0 Å². The number of aromatic nitrogens is 4. The molecule has 4 aromatic rings. The minimum Gasteiger partial charge on any atom is -0.354 e. The Kier molecular flexibility index (Phi) is 5.39. The molecular weight excluding hydrogens is 442 g/mol. The summed E-state index contributed by atoms with van der Waals surface area (Å²) in [6, 6.07) is 9.40. The fourth-order valence-electron chi connectivity index (χ4n) is 7.04. The van der Waals surface area contributed by atoms with Crippen molar-refractivity contribution in [1.82, 2.24) is 24.5 Å². The average molecular weight is 484 g/mol. The highest BCUT2D eigenvalue weighted by Crippen LogP contribution is 2.68. The van der Waals surface area contributed by atoms with E-state index >= 15 is 0 Å². The van der Waals surface area contributed by atoms with Crippen molar-refractivity contribution in [2.24, 2.45) is 16.7 Å². The van der Waals surface area contributed by atoms with E-state index in [1.807, 2.05) is 4.52 Å². The molecule has 2 fully saturated rings. The highest BCUT2D eigenvalue weighted by atomic mass is 15.3. The third-order valence-electron chi connectivity index (χ3n) is 10.1. The summed E-state index contributed by atoms with van der Waals surface area (Å²) in [6.45, 7) is 20.2. The third kappa shape index (κ3) is 3.61. The van der Waals surface area contributed by atoms with Gasteiger partial charge in [-0.1, -0.05) is 47.6 Å². The van der Waals surface area contributed by atoms with E-state index in [0.29, 0.717) is 22.7 Å². The van der Waals surface area contributed by atoms with Gasteiger partial charge in [-0.15, -0.1) is 0 Å². The second kappa shape index (κ2) is 8.17. The first-order chi connectivity index (χ1) is 17.1. The van der Waals surface area contributed by atoms with E-state index in [1.54, 1.807) is 6.33 Å². The van der Waals surface area contributed by atoms with Crippen LogP contribution in [0, 0.1) is 23.7 Å². The van der Waals surface area contributed by atoms with Gasteiger partial charge in [0.05, 0.1) is 5.69 Å². The zero-order valence-electron chi connectivity index (χ0n) is 23.0. The number of fused-ring (bicyclic) bond motifs is 2. The lowest BCUT2D eigenvalue weighted by Gasteiger charge is -2.33. The van der Waals surface area contributed by atoms with Gasteiger partial charge >= 0.3 is 0 Å². The first-order valence-corrected chi connectivity index (χ1v) is 13.8. The zero-order chi connectivity index (χ0) is 25.4. The third-order valence-corrected chi connectivity index (χ3v) is 10.1. The number of nitrogens with one attached hydrogen (secondary N) is 1. The van der Waals surface area contributed by atoms with Gasteiger partial charge in [0.15, 0.2) is 5.65 Å². The Morgan fingerprint density at radius 1 is 1.06 bits per heavy atom. The summed E-state index contributed by atoms with van der Waals surface area (Å²) in [7, 11) is 0. The second-order valence-electron chi connectivity index (χ2n) is 12.9. The van der Waals surface area contributed by atoms with E-state index in [1.165, 1.54) is 65.8 Å². The number of benzene rings is 1. The summed E-state index contributed by atoms with van der Waals surface area (Å²) in [5.74, 6) is 1.89. The molecule has 0 atom stereocenters. The van der Waals surface area contributed by atoms with Crippen molar-refractivity contribution in [2.75, 3.05) is 19.6 Å².